The fourth-order valence-electron chi connectivity index (χ4n) is 2.37. The minimum absolute atomic E-state index is 0.0745. The number of nitrogens with one attached hydrogen (secondary N) is 4. The molecule has 126 valence electrons. The molecule has 1 unspecified atom stereocenters. The van der Waals surface area contributed by atoms with Gasteiger partial charge in [0.1, 0.15) is 0 Å². The highest BCUT2D eigenvalue weighted by Gasteiger charge is 2.14. The molecule has 0 saturated heterocycles. The van der Waals surface area contributed by atoms with E-state index in [-0.39, 0.29) is 5.91 Å². The van der Waals surface area contributed by atoms with Gasteiger partial charge in [0.2, 0.25) is 5.91 Å². The van der Waals surface area contributed by atoms with E-state index in [0.717, 1.165) is 52.1 Å². The number of hydrogen-bond acceptors (Lipinski definition) is 5. The van der Waals surface area contributed by atoms with Gasteiger partial charge < -0.3 is 21.3 Å². The van der Waals surface area contributed by atoms with E-state index in [4.69, 9.17) is 0 Å². The van der Waals surface area contributed by atoms with Crippen LogP contribution in [0.1, 0.15) is 26.7 Å². The molecule has 4 N–H and O–H groups in total. The Labute approximate surface area is 130 Å². The number of carbonyl (C=O) groups excluding carboxylic acids is 1. The third-order valence-electron chi connectivity index (χ3n) is 3.68. The van der Waals surface area contributed by atoms with Crippen molar-refractivity contribution in [1.29, 1.82) is 0 Å². The van der Waals surface area contributed by atoms with Gasteiger partial charge in [0.15, 0.2) is 0 Å². The van der Waals surface area contributed by atoms with Crippen LogP contribution in [-0.2, 0) is 4.79 Å². The summed E-state index contributed by atoms with van der Waals surface area (Å²) in [6.45, 7) is 10.2. The predicted molar refractivity (Wildman–Crippen MR) is 89.7 cm³/mol. The second-order valence-electron chi connectivity index (χ2n) is 5.21. The van der Waals surface area contributed by atoms with E-state index >= 15 is 0 Å². The molecule has 0 aromatic carbocycles. The number of nitrogens with zero attached hydrogens (tertiary/aromatic N) is 1. The molecular formula is C15H35N5O. The molecule has 0 spiro atoms. The maximum Gasteiger partial charge on any atom is 0.234 e. The van der Waals surface area contributed by atoms with Crippen molar-refractivity contribution in [2.45, 2.75) is 32.7 Å². The highest BCUT2D eigenvalue weighted by atomic mass is 16.1. The van der Waals surface area contributed by atoms with Crippen molar-refractivity contribution in [3.05, 3.63) is 0 Å². The lowest BCUT2D eigenvalue weighted by Crippen LogP contribution is -2.43. The monoisotopic (exact) mass is 301 g/mol. The first-order chi connectivity index (χ1) is 10.2. The number of carbonyl (C=O) groups is 1. The van der Waals surface area contributed by atoms with E-state index in [1.165, 1.54) is 0 Å². The average molecular weight is 301 g/mol. The van der Waals surface area contributed by atoms with Crippen LogP contribution >= 0.6 is 0 Å². The zero-order chi connectivity index (χ0) is 15.9. The smallest absolute Gasteiger partial charge is 0.234 e. The highest BCUT2D eigenvalue weighted by Crippen LogP contribution is 2.07. The molecule has 21 heavy (non-hydrogen) atoms. The van der Waals surface area contributed by atoms with Gasteiger partial charge >= 0.3 is 0 Å². The van der Waals surface area contributed by atoms with E-state index in [1.807, 2.05) is 14.1 Å². The Morgan fingerprint density at radius 1 is 1.05 bits per heavy atom. The number of amides is 1. The molecule has 0 aliphatic heterocycles. The summed E-state index contributed by atoms with van der Waals surface area (Å²) in [5.74, 6) is 0.0745. The lowest BCUT2D eigenvalue weighted by Gasteiger charge is -2.30. The summed E-state index contributed by atoms with van der Waals surface area (Å²) in [7, 11) is 3.89. The van der Waals surface area contributed by atoms with Gasteiger partial charge in [-0.25, -0.2) is 0 Å². The molecule has 0 radical (unpaired) electrons. The van der Waals surface area contributed by atoms with Crippen molar-refractivity contribution in [2.75, 3.05) is 59.9 Å². The maximum atomic E-state index is 11.7. The van der Waals surface area contributed by atoms with Crippen LogP contribution in [-0.4, -0.2) is 76.8 Å². The van der Waals surface area contributed by atoms with Gasteiger partial charge in [0.05, 0.1) is 6.54 Å². The van der Waals surface area contributed by atoms with Crippen molar-refractivity contribution in [1.82, 2.24) is 26.2 Å². The van der Waals surface area contributed by atoms with Gasteiger partial charge in [-0.15, -0.1) is 0 Å². The molecular weight excluding hydrogens is 266 g/mol. The Morgan fingerprint density at radius 2 is 1.76 bits per heavy atom. The fourth-order valence-corrected chi connectivity index (χ4v) is 2.37. The predicted octanol–water partition coefficient (Wildman–Crippen LogP) is -0.378. The van der Waals surface area contributed by atoms with Gasteiger partial charge in [-0.3, -0.25) is 9.69 Å². The van der Waals surface area contributed by atoms with E-state index in [1.54, 1.807) is 0 Å². The summed E-state index contributed by atoms with van der Waals surface area (Å²) in [6, 6.07) is 0.591. The van der Waals surface area contributed by atoms with Gasteiger partial charge in [0.25, 0.3) is 0 Å². The second kappa shape index (κ2) is 14.3. The summed E-state index contributed by atoms with van der Waals surface area (Å²) in [5, 5.41) is 12.3. The van der Waals surface area contributed by atoms with Crippen LogP contribution in [0.5, 0.6) is 0 Å². The van der Waals surface area contributed by atoms with Crippen molar-refractivity contribution >= 4 is 5.91 Å². The van der Waals surface area contributed by atoms with Gasteiger partial charge in [-0.2, -0.15) is 0 Å². The van der Waals surface area contributed by atoms with E-state index in [9.17, 15) is 4.79 Å². The first kappa shape index (κ1) is 20.3. The zero-order valence-corrected chi connectivity index (χ0v) is 14.3. The standard InChI is InChI=1S/C15H35N5O/c1-5-14(7-8-16-3)20(6-2)12-11-19-15(21)13-18-10-9-17-4/h14,16-18H,5-13H2,1-4H3,(H,19,21). The van der Waals surface area contributed by atoms with Crippen molar-refractivity contribution in [2.24, 2.45) is 0 Å². The fraction of sp³-hybridized carbons (Fsp3) is 0.933. The highest BCUT2D eigenvalue weighted by molar-refractivity contribution is 5.77. The van der Waals surface area contributed by atoms with Crippen LogP contribution in [0.3, 0.4) is 0 Å². The summed E-state index contributed by atoms with van der Waals surface area (Å²) < 4.78 is 0. The Kier molecular flexibility index (Phi) is 13.8. The van der Waals surface area contributed by atoms with Crippen LogP contribution in [0.4, 0.5) is 0 Å². The van der Waals surface area contributed by atoms with Crippen molar-refractivity contribution in [3.8, 4) is 0 Å². The van der Waals surface area contributed by atoms with Gasteiger partial charge in [-0.1, -0.05) is 13.8 Å². The van der Waals surface area contributed by atoms with Crippen LogP contribution < -0.4 is 21.3 Å². The van der Waals surface area contributed by atoms with Crippen LogP contribution in [0.2, 0.25) is 0 Å². The molecule has 1 amide bonds. The lowest BCUT2D eigenvalue weighted by atomic mass is 10.1. The molecule has 0 bridgehead atoms. The molecule has 0 fully saturated rings. The first-order valence-corrected chi connectivity index (χ1v) is 8.20. The van der Waals surface area contributed by atoms with Crippen LogP contribution in [0.25, 0.3) is 0 Å². The summed E-state index contributed by atoms with van der Waals surface area (Å²) in [4.78, 5) is 14.1. The van der Waals surface area contributed by atoms with E-state index in [0.29, 0.717) is 12.6 Å². The molecule has 0 aliphatic carbocycles. The molecule has 0 aliphatic rings. The quantitative estimate of drug-likeness (QED) is 0.329. The lowest BCUT2D eigenvalue weighted by molar-refractivity contribution is -0.120. The minimum Gasteiger partial charge on any atom is -0.354 e. The Hall–Kier alpha value is -0.690. The zero-order valence-electron chi connectivity index (χ0n) is 14.3. The second-order valence-corrected chi connectivity index (χ2v) is 5.21. The number of likely N-dealkylation sites (N-methyl/N-ethyl adjacent to an activating group) is 2. The first-order valence-electron chi connectivity index (χ1n) is 8.20. The number of hydrogen-bond donors (Lipinski definition) is 4. The average Bonchev–Trinajstić information content (AvgIpc) is 2.50. The normalized spacial score (nSPS) is 12.6. The minimum atomic E-state index is 0.0745. The van der Waals surface area contributed by atoms with Gasteiger partial charge in [0, 0.05) is 32.2 Å². The van der Waals surface area contributed by atoms with Gasteiger partial charge in [-0.05, 0) is 40.0 Å². The summed E-state index contributed by atoms with van der Waals surface area (Å²) in [5.41, 5.74) is 0. The van der Waals surface area contributed by atoms with E-state index < -0.39 is 0 Å². The Bertz CT molecular complexity index is 250. The number of rotatable bonds is 14. The molecule has 6 heteroatoms. The Balaban J connectivity index is 3.85. The molecule has 0 rings (SSSR count). The Morgan fingerprint density at radius 3 is 2.33 bits per heavy atom. The molecule has 1 atom stereocenters. The third kappa shape index (κ3) is 10.6. The van der Waals surface area contributed by atoms with Crippen LogP contribution in [0, 0.1) is 0 Å². The molecule has 6 nitrogen and oxygen atoms in total. The molecule has 0 aromatic heterocycles. The molecule has 0 heterocycles. The molecule has 0 aromatic rings. The SMILES string of the molecule is CCC(CCNC)N(CC)CCNC(=O)CNCCNC. The summed E-state index contributed by atoms with van der Waals surface area (Å²) in [6.07, 6.45) is 2.30. The van der Waals surface area contributed by atoms with Crippen molar-refractivity contribution in [3.63, 3.8) is 0 Å². The third-order valence-corrected chi connectivity index (χ3v) is 3.68. The topological polar surface area (TPSA) is 68.4 Å². The van der Waals surface area contributed by atoms with Crippen molar-refractivity contribution < 1.29 is 4.79 Å². The summed E-state index contributed by atoms with van der Waals surface area (Å²) >= 11 is 0. The largest absolute Gasteiger partial charge is 0.354 e. The maximum absolute atomic E-state index is 11.7. The molecule has 0 saturated carbocycles. The van der Waals surface area contributed by atoms with E-state index in [2.05, 4.69) is 40.0 Å². The van der Waals surface area contributed by atoms with Crippen LogP contribution in [0.15, 0.2) is 0 Å².